The van der Waals surface area contributed by atoms with Crippen molar-refractivity contribution in [3.63, 3.8) is 0 Å². The molecule has 1 aromatic rings. The number of aliphatic hydroxyl groups excluding tert-OH is 1. The molecule has 0 fully saturated rings. The molecule has 96 valence electrons. The van der Waals surface area contributed by atoms with Gasteiger partial charge in [-0.3, -0.25) is 0 Å². The molecule has 0 aliphatic heterocycles. The average molecular weight is 243 g/mol. The summed E-state index contributed by atoms with van der Waals surface area (Å²) < 4.78 is 26.6. The zero-order chi connectivity index (χ0) is 13.0. The Morgan fingerprint density at radius 1 is 1.24 bits per heavy atom. The van der Waals surface area contributed by atoms with Crippen LogP contribution in [0.3, 0.4) is 0 Å². The molecule has 0 aliphatic carbocycles. The second kappa shape index (κ2) is 6.07. The second-order valence-electron chi connectivity index (χ2n) is 4.48. The van der Waals surface area contributed by atoms with Crippen molar-refractivity contribution in [1.82, 2.24) is 5.32 Å². The van der Waals surface area contributed by atoms with E-state index in [1.165, 1.54) is 6.07 Å². The van der Waals surface area contributed by atoms with Crippen molar-refractivity contribution < 1.29 is 13.9 Å². The minimum atomic E-state index is -0.834. The van der Waals surface area contributed by atoms with Crippen LogP contribution in [0.2, 0.25) is 0 Å². The monoisotopic (exact) mass is 243 g/mol. The van der Waals surface area contributed by atoms with Crippen molar-refractivity contribution >= 4 is 0 Å². The van der Waals surface area contributed by atoms with Gasteiger partial charge in [0.05, 0.1) is 0 Å². The van der Waals surface area contributed by atoms with Gasteiger partial charge in [0.2, 0.25) is 0 Å². The molecule has 3 atom stereocenters. The quantitative estimate of drug-likeness (QED) is 0.833. The molecule has 4 heteroatoms. The van der Waals surface area contributed by atoms with Crippen molar-refractivity contribution in [3.8, 4) is 0 Å². The fraction of sp³-hybridized carbons (Fsp3) is 0.538. The Morgan fingerprint density at radius 3 is 2.47 bits per heavy atom. The average Bonchev–Trinajstić information content (AvgIpc) is 2.31. The number of nitrogens with one attached hydrogen (secondary N) is 1. The normalized spacial score (nSPS) is 16.6. The van der Waals surface area contributed by atoms with Gasteiger partial charge in [0.25, 0.3) is 0 Å². The Balaban J connectivity index is 2.76. The SMILES string of the molecule is CC(NC(C)C(C)CO)c1cccc(F)c1F. The van der Waals surface area contributed by atoms with E-state index in [9.17, 15) is 8.78 Å². The Kier molecular flexibility index (Phi) is 5.02. The summed E-state index contributed by atoms with van der Waals surface area (Å²) in [7, 11) is 0. The van der Waals surface area contributed by atoms with Crippen molar-refractivity contribution in [3.05, 3.63) is 35.4 Å². The highest BCUT2D eigenvalue weighted by atomic mass is 19.2. The number of halogens is 2. The number of rotatable bonds is 5. The van der Waals surface area contributed by atoms with E-state index < -0.39 is 11.6 Å². The fourth-order valence-corrected chi connectivity index (χ4v) is 1.66. The van der Waals surface area contributed by atoms with Gasteiger partial charge < -0.3 is 10.4 Å². The number of benzene rings is 1. The first-order valence-corrected chi connectivity index (χ1v) is 5.78. The third-order valence-electron chi connectivity index (χ3n) is 3.10. The van der Waals surface area contributed by atoms with Gasteiger partial charge in [-0.05, 0) is 25.8 Å². The lowest BCUT2D eigenvalue weighted by atomic mass is 10.0. The van der Waals surface area contributed by atoms with Crippen molar-refractivity contribution in [1.29, 1.82) is 0 Å². The summed E-state index contributed by atoms with van der Waals surface area (Å²) in [6.45, 7) is 5.64. The third-order valence-corrected chi connectivity index (χ3v) is 3.10. The molecule has 2 N–H and O–H groups in total. The Bertz CT molecular complexity index is 370. The molecule has 0 saturated carbocycles. The fourth-order valence-electron chi connectivity index (χ4n) is 1.66. The van der Waals surface area contributed by atoms with Crippen LogP contribution in [0.25, 0.3) is 0 Å². The first-order chi connectivity index (χ1) is 7.97. The van der Waals surface area contributed by atoms with Gasteiger partial charge in [-0.1, -0.05) is 19.1 Å². The van der Waals surface area contributed by atoms with Crippen LogP contribution in [0.4, 0.5) is 8.78 Å². The molecule has 1 aromatic carbocycles. The highest BCUT2D eigenvalue weighted by molar-refractivity contribution is 5.22. The summed E-state index contributed by atoms with van der Waals surface area (Å²) in [4.78, 5) is 0. The van der Waals surface area contributed by atoms with E-state index in [-0.39, 0.29) is 24.6 Å². The van der Waals surface area contributed by atoms with E-state index in [1.54, 1.807) is 13.0 Å². The van der Waals surface area contributed by atoms with Crippen LogP contribution in [0.15, 0.2) is 18.2 Å². The largest absolute Gasteiger partial charge is 0.396 e. The first-order valence-electron chi connectivity index (χ1n) is 5.78. The maximum atomic E-state index is 13.5. The van der Waals surface area contributed by atoms with E-state index in [1.807, 2.05) is 13.8 Å². The number of hydrogen-bond acceptors (Lipinski definition) is 2. The zero-order valence-electron chi connectivity index (χ0n) is 10.4. The van der Waals surface area contributed by atoms with Crippen LogP contribution in [-0.2, 0) is 0 Å². The summed E-state index contributed by atoms with van der Waals surface area (Å²) >= 11 is 0. The molecule has 3 unspecified atom stereocenters. The Labute approximate surface area is 101 Å². The lowest BCUT2D eigenvalue weighted by Gasteiger charge is -2.24. The molecule has 17 heavy (non-hydrogen) atoms. The minimum absolute atomic E-state index is 0.0256. The molecule has 0 saturated heterocycles. The smallest absolute Gasteiger partial charge is 0.163 e. The highest BCUT2D eigenvalue weighted by Gasteiger charge is 2.18. The van der Waals surface area contributed by atoms with Gasteiger partial charge >= 0.3 is 0 Å². The molecule has 1 rings (SSSR count). The molecular formula is C13H19F2NO. The summed E-state index contributed by atoms with van der Waals surface area (Å²) in [5.41, 5.74) is 0.307. The van der Waals surface area contributed by atoms with E-state index in [0.29, 0.717) is 5.56 Å². The topological polar surface area (TPSA) is 32.3 Å². The van der Waals surface area contributed by atoms with E-state index in [2.05, 4.69) is 5.32 Å². The minimum Gasteiger partial charge on any atom is -0.396 e. The predicted octanol–water partition coefficient (Wildman–Crippen LogP) is 2.63. The molecule has 0 aliphatic rings. The van der Waals surface area contributed by atoms with Gasteiger partial charge in [-0.25, -0.2) is 8.78 Å². The van der Waals surface area contributed by atoms with Crippen LogP contribution in [0, 0.1) is 17.6 Å². The summed E-state index contributed by atoms with van der Waals surface area (Å²) in [6, 6.07) is 3.89. The van der Waals surface area contributed by atoms with Crippen LogP contribution in [-0.4, -0.2) is 17.8 Å². The van der Waals surface area contributed by atoms with Crippen molar-refractivity contribution in [2.75, 3.05) is 6.61 Å². The van der Waals surface area contributed by atoms with Gasteiger partial charge in [-0.2, -0.15) is 0 Å². The standard InChI is InChI=1S/C13H19F2NO/c1-8(7-17)9(2)16-10(3)11-5-4-6-12(14)13(11)15/h4-6,8-10,16-17H,7H2,1-3H3. The molecule has 0 heterocycles. The predicted molar refractivity (Wildman–Crippen MR) is 63.6 cm³/mol. The lowest BCUT2D eigenvalue weighted by Crippen LogP contribution is -2.36. The van der Waals surface area contributed by atoms with Crippen LogP contribution >= 0.6 is 0 Å². The molecule has 2 nitrogen and oxygen atoms in total. The molecule has 0 spiro atoms. The number of hydrogen-bond donors (Lipinski definition) is 2. The lowest BCUT2D eigenvalue weighted by molar-refractivity contribution is 0.202. The van der Waals surface area contributed by atoms with Gasteiger partial charge in [0.1, 0.15) is 0 Å². The van der Waals surface area contributed by atoms with Gasteiger partial charge in [0, 0.05) is 24.3 Å². The second-order valence-corrected chi connectivity index (χ2v) is 4.48. The van der Waals surface area contributed by atoms with Crippen molar-refractivity contribution in [2.24, 2.45) is 5.92 Å². The van der Waals surface area contributed by atoms with E-state index >= 15 is 0 Å². The molecule has 0 aromatic heterocycles. The van der Waals surface area contributed by atoms with Gasteiger partial charge in [-0.15, -0.1) is 0 Å². The summed E-state index contributed by atoms with van der Waals surface area (Å²) in [6.07, 6.45) is 0. The van der Waals surface area contributed by atoms with Crippen LogP contribution in [0.5, 0.6) is 0 Å². The van der Waals surface area contributed by atoms with Gasteiger partial charge in [0.15, 0.2) is 11.6 Å². The molecule has 0 radical (unpaired) electrons. The first kappa shape index (κ1) is 14.1. The zero-order valence-corrected chi connectivity index (χ0v) is 10.4. The molecule has 0 amide bonds. The maximum absolute atomic E-state index is 13.5. The van der Waals surface area contributed by atoms with E-state index in [0.717, 1.165) is 6.07 Å². The molecular weight excluding hydrogens is 224 g/mol. The van der Waals surface area contributed by atoms with E-state index in [4.69, 9.17) is 5.11 Å². The van der Waals surface area contributed by atoms with Crippen molar-refractivity contribution in [2.45, 2.75) is 32.9 Å². The highest BCUT2D eigenvalue weighted by Crippen LogP contribution is 2.20. The third kappa shape index (κ3) is 3.48. The summed E-state index contributed by atoms with van der Waals surface area (Å²) in [5, 5.41) is 12.2. The summed E-state index contributed by atoms with van der Waals surface area (Å²) in [5.74, 6) is -1.58. The number of aliphatic hydroxyl groups is 1. The Morgan fingerprint density at radius 2 is 1.88 bits per heavy atom. The van der Waals surface area contributed by atoms with Crippen LogP contribution < -0.4 is 5.32 Å². The Hall–Kier alpha value is -1.00. The molecule has 0 bridgehead atoms. The maximum Gasteiger partial charge on any atom is 0.163 e. The van der Waals surface area contributed by atoms with Crippen LogP contribution in [0.1, 0.15) is 32.4 Å².